The van der Waals surface area contributed by atoms with Gasteiger partial charge in [0.25, 0.3) is 0 Å². The Labute approximate surface area is 206 Å². The van der Waals surface area contributed by atoms with Crippen LogP contribution in [-0.2, 0) is 9.73 Å². The molecule has 1 aromatic rings. The van der Waals surface area contributed by atoms with E-state index in [0.717, 1.165) is 17.7 Å². The molecule has 5 heteroatoms. The summed E-state index contributed by atoms with van der Waals surface area (Å²) in [6, 6.07) is 9.76. The molecule has 0 amide bonds. The highest BCUT2D eigenvalue weighted by Crippen LogP contribution is 2.59. The maximum atomic E-state index is 13.6. The second kappa shape index (κ2) is 10.7. The van der Waals surface area contributed by atoms with Gasteiger partial charge in [-0.05, 0) is 93.1 Å². The fourth-order valence-corrected chi connectivity index (χ4v) is 9.14. The minimum atomic E-state index is -2.36. The van der Waals surface area contributed by atoms with Crippen LogP contribution in [0, 0.1) is 23.2 Å². The van der Waals surface area contributed by atoms with Gasteiger partial charge in [-0.15, -0.1) is 0 Å². The van der Waals surface area contributed by atoms with Crippen LogP contribution in [0.15, 0.2) is 62.9 Å². The fraction of sp³-hybridized carbons (Fsp3) is 0.655. The average molecular weight is 486 g/mol. The molecule has 4 rings (SSSR count). The molecular weight excluding hydrogens is 442 g/mol. The third-order valence-corrected chi connectivity index (χ3v) is 11.4. The molecule has 2 N–H and O–H groups in total. The maximum absolute atomic E-state index is 13.6. The Kier molecular flexibility index (Phi) is 8.06. The molecule has 1 aromatic carbocycles. The zero-order valence-electron chi connectivity index (χ0n) is 21.2. The van der Waals surface area contributed by atoms with Crippen molar-refractivity contribution in [2.75, 3.05) is 12.8 Å². The summed E-state index contributed by atoms with van der Waals surface area (Å²) in [6.45, 7) is 4.86. The smallest absolute Gasteiger partial charge is 0.0749 e. The number of hydrogen-bond donors (Lipinski definition) is 2. The van der Waals surface area contributed by atoms with Crippen LogP contribution < -0.4 is 0 Å². The number of rotatable bonds is 6. The van der Waals surface area contributed by atoms with Crippen molar-refractivity contribution in [3.05, 3.63) is 53.6 Å². The van der Waals surface area contributed by atoms with Crippen molar-refractivity contribution in [1.29, 1.82) is 0 Å². The molecule has 0 heterocycles. The van der Waals surface area contributed by atoms with E-state index in [1.54, 1.807) is 12.6 Å². The zero-order valence-corrected chi connectivity index (χ0v) is 22.0. The lowest BCUT2D eigenvalue weighted by Crippen LogP contribution is -2.36. The topological polar surface area (TPSA) is 69.9 Å². The lowest BCUT2D eigenvalue weighted by Gasteiger charge is -2.44. The van der Waals surface area contributed by atoms with Gasteiger partial charge in [0, 0.05) is 17.7 Å². The lowest BCUT2D eigenvalue weighted by atomic mass is 9.61. The molecule has 7 atom stereocenters. The largest absolute Gasteiger partial charge is 0.393 e. The van der Waals surface area contributed by atoms with Crippen LogP contribution in [0.5, 0.6) is 0 Å². The minimum absolute atomic E-state index is 0.296. The number of nitrogens with zero attached hydrogens (tertiary/aromatic N) is 1. The monoisotopic (exact) mass is 485 g/mol. The third-order valence-electron chi connectivity index (χ3n) is 9.05. The van der Waals surface area contributed by atoms with E-state index in [9.17, 15) is 14.4 Å². The summed E-state index contributed by atoms with van der Waals surface area (Å²) in [6.07, 6.45) is 12.6. The Bertz CT molecular complexity index is 1010. The van der Waals surface area contributed by atoms with E-state index >= 15 is 0 Å². The fourth-order valence-electron chi connectivity index (χ4n) is 7.24. The molecule has 0 aromatic heterocycles. The predicted octanol–water partition coefficient (Wildman–Crippen LogP) is 6.14. The van der Waals surface area contributed by atoms with E-state index in [-0.39, 0.29) is 0 Å². The molecule has 3 aliphatic rings. The molecule has 3 aliphatic carbocycles. The first-order valence-corrected chi connectivity index (χ1v) is 14.9. The van der Waals surface area contributed by atoms with E-state index in [1.807, 2.05) is 30.3 Å². The molecule has 1 unspecified atom stereocenters. The summed E-state index contributed by atoms with van der Waals surface area (Å²) in [5, 5.41) is 20.0. The van der Waals surface area contributed by atoms with Crippen LogP contribution in [0.2, 0.25) is 0 Å². The summed E-state index contributed by atoms with van der Waals surface area (Å²) >= 11 is 0. The van der Waals surface area contributed by atoms with Crippen LogP contribution >= 0.6 is 0 Å². The van der Waals surface area contributed by atoms with Crippen molar-refractivity contribution < 1.29 is 14.4 Å². The highest BCUT2D eigenvalue weighted by atomic mass is 32.2. The van der Waals surface area contributed by atoms with Gasteiger partial charge < -0.3 is 10.2 Å². The number of hydrogen-bond acceptors (Lipinski definition) is 4. The van der Waals surface area contributed by atoms with Gasteiger partial charge in [-0.2, -0.15) is 0 Å². The third kappa shape index (κ3) is 5.37. The number of fused-ring (bicyclic) bond motifs is 1. The number of benzene rings is 1. The van der Waals surface area contributed by atoms with Crippen molar-refractivity contribution in [2.45, 2.75) is 88.7 Å². The first-order chi connectivity index (χ1) is 16.2. The average Bonchev–Trinajstić information content (AvgIpc) is 3.18. The Hall–Kier alpha value is -1.43. The Morgan fingerprint density at radius 1 is 1.15 bits per heavy atom. The molecular formula is C29H43NO3S. The van der Waals surface area contributed by atoms with E-state index in [0.29, 0.717) is 48.2 Å². The normalized spacial score (nSPS) is 35.4. The zero-order chi connectivity index (χ0) is 24.3. The molecule has 0 spiro atoms. The highest BCUT2D eigenvalue weighted by Gasteiger charge is 2.50. The Balaban J connectivity index is 1.45. The van der Waals surface area contributed by atoms with E-state index in [2.05, 4.69) is 30.4 Å². The van der Waals surface area contributed by atoms with E-state index < -0.39 is 21.9 Å². The van der Waals surface area contributed by atoms with Gasteiger partial charge in [-0.25, -0.2) is 8.57 Å². The molecule has 3 fully saturated rings. The molecule has 0 aliphatic heterocycles. The van der Waals surface area contributed by atoms with Crippen LogP contribution in [-0.4, -0.2) is 39.4 Å². The van der Waals surface area contributed by atoms with Crippen molar-refractivity contribution in [1.82, 2.24) is 0 Å². The first kappa shape index (κ1) is 25.7. The number of aliphatic hydroxyl groups excluding tert-OH is 2. The second-order valence-corrected chi connectivity index (χ2v) is 13.7. The van der Waals surface area contributed by atoms with Crippen molar-refractivity contribution >= 4 is 9.73 Å². The SMILES string of the molecule is CN=S(=O)(CC[C@@H](C)[C@H]1CC[C@H]2/C(=C/C=C3C[C@@H](O)C[C@H](O)C3)CCC[C@]12C)c1ccccc1. The van der Waals surface area contributed by atoms with Crippen molar-refractivity contribution in [2.24, 2.45) is 27.5 Å². The highest BCUT2D eigenvalue weighted by molar-refractivity contribution is 7.93. The van der Waals surface area contributed by atoms with Gasteiger partial charge in [-0.1, -0.05) is 55.3 Å². The van der Waals surface area contributed by atoms with Crippen LogP contribution in [0.1, 0.15) is 71.6 Å². The van der Waals surface area contributed by atoms with Gasteiger partial charge in [0.15, 0.2) is 0 Å². The molecule has 188 valence electrons. The quantitative estimate of drug-likeness (QED) is 0.508. The van der Waals surface area contributed by atoms with Gasteiger partial charge in [-0.3, -0.25) is 0 Å². The number of allylic oxidation sites excluding steroid dienone is 3. The standard InChI is InChI=1S/C29H43NO3S/c1-21(15-17-34(33,30-3)26-9-5-4-6-10-26)27-13-14-28-23(8-7-16-29(27,28)2)12-11-22-18-24(31)20-25(32)19-22/h4-6,9-12,21,24-25,27-28,31-32H,7-8,13-20H2,1-3H3/b23-12+/t21-,24-,25-,27-,28+,29-,34?/m1/s1. The summed E-state index contributed by atoms with van der Waals surface area (Å²) in [7, 11) is -0.657. The summed E-state index contributed by atoms with van der Waals surface area (Å²) < 4.78 is 17.9. The minimum Gasteiger partial charge on any atom is -0.393 e. The van der Waals surface area contributed by atoms with Crippen molar-refractivity contribution in [3.63, 3.8) is 0 Å². The van der Waals surface area contributed by atoms with Crippen LogP contribution in [0.25, 0.3) is 0 Å². The molecule has 4 nitrogen and oxygen atoms in total. The molecule has 34 heavy (non-hydrogen) atoms. The van der Waals surface area contributed by atoms with Crippen molar-refractivity contribution in [3.8, 4) is 0 Å². The lowest BCUT2D eigenvalue weighted by molar-refractivity contribution is 0.0609. The molecule has 3 saturated carbocycles. The molecule has 0 bridgehead atoms. The van der Waals surface area contributed by atoms with Gasteiger partial charge in [0.2, 0.25) is 0 Å². The molecule has 0 radical (unpaired) electrons. The van der Waals surface area contributed by atoms with Crippen LogP contribution in [0.3, 0.4) is 0 Å². The first-order valence-electron chi connectivity index (χ1n) is 13.2. The maximum Gasteiger partial charge on any atom is 0.0749 e. The van der Waals surface area contributed by atoms with Crippen LogP contribution in [0.4, 0.5) is 0 Å². The van der Waals surface area contributed by atoms with Gasteiger partial charge >= 0.3 is 0 Å². The van der Waals surface area contributed by atoms with E-state index in [4.69, 9.17) is 0 Å². The summed E-state index contributed by atoms with van der Waals surface area (Å²) in [4.78, 5) is 0.856. The second-order valence-electron chi connectivity index (χ2n) is 11.2. The van der Waals surface area contributed by atoms with E-state index in [1.165, 1.54) is 31.3 Å². The van der Waals surface area contributed by atoms with Gasteiger partial charge in [0.05, 0.1) is 21.9 Å². The van der Waals surface area contributed by atoms with Gasteiger partial charge in [0.1, 0.15) is 0 Å². The number of aliphatic hydroxyl groups is 2. The molecule has 0 saturated heterocycles. The summed E-state index contributed by atoms with van der Waals surface area (Å²) in [5.41, 5.74) is 3.03. The summed E-state index contributed by atoms with van der Waals surface area (Å²) in [5.74, 6) is 2.40. The Morgan fingerprint density at radius 2 is 1.85 bits per heavy atom. The Morgan fingerprint density at radius 3 is 2.53 bits per heavy atom. The predicted molar refractivity (Wildman–Crippen MR) is 140 cm³/mol.